The summed E-state index contributed by atoms with van der Waals surface area (Å²) in [5.74, 6) is -0.781. The van der Waals surface area contributed by atoms with Gasteiger partial charge in [-0.1, -0.05) is 19.1 Å². The molecule has 3 aromatic rings. The number of rotatable bonds is 7. The number of anilines is 2. The Balaban J connectivity index is 1.99. The summed E-state index contributed by atoms with van der Waals surface area (Å²) in [4.78, 5) is 36.0. The van der Waals surface area contributed by atoms with Crippen LogP contribution in [0.1, 0.15) is 23.8 Å². The molecule has 1 aromatic carbocycles. The van der Waals surface area contributed by atoms with Crippen LogP contribution in [0.2, 0.25) is 0 Å². The second kappa shape index (κ2) is 7.74. The van der Waals surface area contributed by atoms with Gasteiger partial charge in [-0.2, -0.15) is 0 Å². The fourth-order valence-electron chi connectivity index (χ4n) is 2.60. The summed E-state index contributed by atoms with van der Waals surface area (Å²) >= 11 is 0. The SMILES string of the molecule is CC[C@@H](Nc1cnc(C(N)=O)c(-n2cnc(-c3ccc(N)cc3)c2)n1)C(N)=O. The van der Waals surface area contributed by atoms with Crippen LogP contribution in [0.4, 0.5) is 11.5 Å². The van der Waals surface area contributed by atoms with E-state index in [1.165, 1.54) is 17.1 Å². The fourth-order valence-corrected chi connectivity index (χ4v) is 2.60. The summed E-state index contributed by atoms with van der Waals surface area (Å²) in [5, 5.41) is 2.90. The van der Waals surface area contributed by atoms with Crippen LogP contribution >= 0.6 is 0 Å². The predicted octanol–water partition coefficient (Wildman–Crippen LogP) is 0.686. The van der Waals surface area contributed by atoms with Crippen molar-refractivity contribution in [3.8, 4) is 17.1 Å². The van der Waals surface area contributed by atoms with Gasteiger partial charge in [-0.05, 0) is 18.6 Å². The highest BCUT2D eigenvalue weighted by molar-refractivity contribution is 5.94. The minimum atomic E-state index is -0.737. The third-order valence-corrected chi connectivity index (χ3v) is 4.09. The number of hydrogen-bond donors (Lipinski definition) is 4. The van der Waals surface area contributed by atoms with Crippen molar-refractivity contribution in [3.63, 3.8) is 0 Å². The number of primary amides is 2. The molecule has 0 fully saturated rings. The first-order valence-electron chi connectivity index (χ1n) is 8.52. The van der Waals surface area contributed by atoms with Crippen LogP contribution in [0.25, 0.3) is 17.1 Å². The van der Waals surface area contributed by atoms with E-state index < -0.39 is 17.9 Å². The maximum Gasteiger partial charge on any atom is 0.271 e. The summed E-state index contributed by atoms with van der Waals surface area (Å²) in [7, 11) is 0. The Hall–Kier alpha value is -3.95. The van der Waals surface area contributed by atoms with Gasteiger partial charge in [0.15, 0.2) is 11.5 Å². The Labute approximate surface area is 160 Å². The number of benzene rings is 1. The summed E-state index contributed by atoms with van der Waals surface area (Å²) in [6, 6.07) is 6.58. The van der Waals surface area contributed by atoms with Crippen LogP contribution in [0, 0.1) is 0 Å². The smallest absolute Gasteiger partial charge is 0.271 e. The highest BCUT2D eigenvalue weighted by Gasteiger charge is 2.18. The maximum absolute atomic E-state index is 11.8. The molecule has 7 N–H and O–H groups in total. The number of nitrogens with zero attached hydrogens (tertiary/aromatic N) is 4. The molecule has 10 nitrogen and oxygen atoms in total. The van der Waals surface area contributed by atoms with Gasteiger partial charge in [0.2, 0.25) is 5.91 Å². The molecule has 0 bridgehead atoms. The van der Waals surface area contributed by atoms with E-state index in [2.05, 4.69) is 20.3 Å². The van der Waals surface area contributed by atoms with Gasteiger partial charge < -0.3 is 22.5 Å². The number of aromatic nitrogens is 4. The van der Waals surface area contributed by atoms with Crippen molar-refractivity contribution in [2.24, 2.45) is 11.5 Å². The first-order chi connectivity index (χ1) is 13.4. The van der Waals surface area contributed by atoms with Crippen LogP contribution in [0.3, 0.4) is 0 Å². The Morgan fingerprint density at radius 2 is 1.89 bits per heavy atom. The fraction of sp³-hybridized carbons (Fsp3) is 0.167. The lowest BCUT2D eigenvalue weighted by molar-refractivity contribution is -0.118. The monoisotopic (exact) mass is 380 g/mol. The normalized spacial score (nSPS) is 11.8. The van der Waals surface area contributed by atoms with Gasteiger partial charge in [0.05, 0.1) is 11.9 Å². The van der Waals surface area contributed by atoms with Crippen molar-refractivity contribution in [3.05, 3.63) is 48.7 Å². The first kappa shape index (κ1) is 18.8. The zero-order chi connectivity index (χ0) is 20.3. The minimum absolute atomic E-state index is 0.0288. The summed E-state index contributed by atoms with van der Waals surface area (Å²) in [5.41, 5.74) is 18.6. The quantitative estimate of drug-likeness (QED) is 0.437. The molecule has 0 aliphatic carbocycles. The van der Waals surface area contributed by atoms with Gasteiger partial charge in [-0.25, -0.2) is 15.0 Å². The van der Waals surface area contributed by atoms with Crippen molar-refractivity contribution >= 4 is 23.3 Å². The van der Waals surface area contributed by atoms with Gasteiger partial charge in [0.25, 0.3) is 5.91 Å². The number of carbonyl (C=O) groups is 2. The Bertz CT molecular complexity index is 1010. The number of nitrogens with one attached hydrogen (secondary N) is 1. The minimum Gasteiger partial charge on any atom is -0.399 e. The molecule has 0 saturated carbocycles. The predicted molar refractivity (Wildman–Crippen MR) is 104 cm³/mol. The molecule has 2 heterocycles. The van der Waals surface area contributed by atoms with E-state index in [1.54, 1.807) is 18.3 Å². The molecule has 0 radical (unpaired) electrons. The lowest BCUT2D eigenvalue weighted by atomic mass is 10.1. The Morgan fingerprint density at radius 3 is 2.50 bits per heavy atom. The van der Waals surface area contributed by atoms with E-state index in [4.69, 9.17) is 17.2 Å². The van der Waals surface area contributed by atoms with Gasteiger partial charge >= 0.3 is 0 Å². The van der Waals surface area contributed by atoms with Gasteiger partial charge in [0.1, 0.15) is 18.2 Å². The first-order valence-corrected chi connectivity index (χ1v) is 8.52. The standard InChI is InChI=1S/C18H20N8O2/c1-2-12(16(20)27)24-14-7-22-15(17(21)28)18(25-14)26-8-13(23-9-26)10-3-5-11(19)6-4-10/h3-9,12H,2,19H2,1H3,(H2,20,27)(H2,21,28)(H,24,25)/t12-/m1/s1. The number of imidazole rings is 1. The molecule has 1 atom stereocenters. The van der Waals surface area contributed by atoms with Crippen molar-refractivity contribution in [2.75, 3.05) is 11.1 Å². The molecule has 0 unspecified atom stereocenters. The summed E-state index contributed by atoms with van der Waals surface area (Å²) in [6.07, 6.45) is 4.98. The molecule has 10 heteroatoms. The number of hydrogen-bond acceptors (Lipinski definition) is 7. The van der Waals surface area contributed by atoms with Gasteiger partial charge in [-0.3, -0.25) is 14.2 Å². The molecule has 2 amide bonds. The second-order valence-corrected chi connectivity index (χ2v) is 6.09. The third kappa shape index (κ3) is 3.90. The summed E-state index contributed by atoms with van der Waals surface area (Å²) in [6.45, 7) is 1.81. The van der Waals surface area contributed by atoms with Crippen LogP contribution in [-0.2, 0) is 4.79 Å². The van der Waals surface area contributed by atoms with Gasteiger partial charge in [0, 0.05) is 17.4 Å². The molecule has 0 aliphatic rings. The van der Waals surface area contributed by atoms with Crippen molar-refractivity contribution in [2.45, 2.75) is 19.4 Å². The van der Waals surface area contributed by atoms with Crippen LogP contribution in [-0.4, -0.2) is 37.4 Å². The van der Waals surface area contributed by atoms with Crippen molar-refractivity contribution in [1.29, 1.82) is 0 Å². The number of carbonyl (C=O) groups excluding carboxylic acids is 2. The van der Waals surface area contributed by atoms with Crippen LogP contribution in [0.15, 0.2) is 43.0 Å². The van der Waals surface area contributed by atoms with Crippen molar-refractivity contribution < 1.29 is 9.59 Å². The lowest BCUT2D eigenvalue weighted by Crippen LogP contribution is -2.35. The Morgan fingerprint density at radius 1 is 1.18 bits per heavy atom. The largest absolute Gasteiger partial charge is 0.399 e. The van der Waals surface area contributed by atoms with E-state index in [1.807, 2.05) is 19.1 Å². The van der Waals surface area contributed by atoms with E-state index >= 15 is 0 Å². The maximum atomic E-state index is 11.8. The highest BCUT2D eigenvalue weighted by Crippen LogP contribution is 2.21. The zero-order valence-electron chi connectivity index (χ0n) is 15.2. The van der Waals surface area contributed by atoms with Crippen LogP contribution in [0.5, 0.6) is 0 Å². The molecule has 144 valence electrons. The molecule has 3 rings (SSSR count). The molecule has 2 aromatic heterocycles. The lowest BCUT2D eigenvalue weighted by Gasteiger charge is -2.15. The van der Waals surface area contributed by atoms with E-state index in [-0.39, 0.29) is 17.3 Å². The average Bonchev–Trinajstić information content (AvgIpc) is 3.16. The molecule has 28 heavy (non-hydrogen) atoms. The van der Waals surface area contributed by atoms with E-state index in [9.17, 15) is 9.59 Å². The molecule has 0 saturated heterocycles. The van der Waals surface area contributed by atoms with Crippen LogP contribution < -0.4 is 22.5 Å². The van der Waals surface area contributed by atoms with Gasteiger partial charge in [-0.15, -0.1) is 0 Å². The molecular weight excluding hydrogens is 360 g/mol. The molecular formula is C18H20N8O2. The number of nitrogen functional groups attached to an aromatic ring is 1. The second-order valence-electron chi connectivity index (χ2n) is 6.09. The Kier molecular flexibility index (Phi) is 5.21. The zero-order valence-corrected chi connectivity index (χ0v) is 15.2. The highest BCUT2D eigenvalue weighted by atomic mass is 16.1. The number of amides is 2. The van der Waals surface area contributed by atoms with E-state index in [0.717, 1.165) is 5.56 Å². The summed E-state index contributed by atoms with van der Waals surface area (Å²) < 4.78 is 1.54. The number of nitrogens with two attached hydrogens (primary N) is 3. The topological polar surface area (TPSA) is 168 Å². The average molecular weight is 380 g/mol. The van der Waals surface area contributed by atoms with Crippen molar-refractivity contribution in [1.82, 2.24) is 19.5 Å². The molecule has 0 spiro atoms. The third-order valence-electron chi connectivity index (χ3n) is 4.09. The van der Waals surface area contributed by atoms with E-state index in [0.29, 0.717) is 17.8 Å². The molecule has 0 aliphatic heterocycles.